The van der Waals surface area contributed by atoms with E-state index in [-0.39, 0.29) is 16.3 Å². The summed E-state index contributed by atoms with van der Waals surface area (Å²) in [6, 6.07) is 5.23. The zero-order valence-corrected chi connectivity index (χ0v) is 15.3. The monoisotopic (exact) mass is 364 g/mol. The highest BCUT2D eigenvalue weighted by atomic mass is 32.2. The molecule has 0 heterocycles. The third-order valence-electron chi connectivity index (χ3n) is 3.29. The van der Waals surface area contributed by atoms with Crippen molar-refractivity contribution in [2.24, 2.45) is 0 Å². The van der Waals surface area contributed by atoms with E-state index >= 15 is 0 Å². The molecule has 9 heteroatoms. The first-order chi connectivity index (χ1) is 10.8. The number of methoxy groups -OCH3 is 1. The predicted octanol–water partition coefficient (Wildman–Crippen LogP) is 1.03. The maximum atomic E-state index is 12.3. The zero-order chi connectivity index (χ0) is 17.5. The Morgan fingerprint density at radius 1 is 1.00 bits per heavy atom. The van der Waals surface area contributed by atoms with E-state index in [1.807, 2.05) is 0 Å². The molecule has 0 spiro atoms. The first-order valence-electron chi connectivity index (χ1n) is 7.38. The fourth-order valence-corrected chi connectivity index (χ4v) is 4.54. The molecule has 0 unspecified atom stereocenters. The molecule has 0 radical (unpaired) electrons. The molecule has 23 heavy (non-hydrogen) atoms. The van der Waals surface area contributed by atoms with Gasteiger partial charge >= 0.3 is 0 Å². The molecular weight excluding hydrogens is 340 g/mol. The number of hydrogen-bond donors (Lipinski definition) is 1. The van der Waals surface area contributed by atoms with Crippen molar-refractivity contribution >= 4 is 20.0 Å². The molecule has 0 saturated carbocycles. The molecule has 0 atom stereocenters. The summed E-state index contributed by atoms with van der Waals surface area (Å²) in [6.07, 6.45) is 0.560. The first-order valence-corrected chi connectivity index (χ1v) is 10.3. The molecule has 0 aliphatic rings. The SMILES string of the molecule is CCN(CC)S(=O)(=O)c1ccc(S(=O)(=O)NCCCOC)cc1. The second-order valence-electron chi connectivity index (χ2n) is 4.80. The molecule has 0 fully saturated rings. The van der Waals surface area contributed by atoms with Gasteiger partial charge in [0.1, 0.15) is 0 Å². The zero-order valence-electron chi connectivity index (χ0n) is 13.6. The number of nitrogens with one attached hydrogen (secondary N) is 1. The average Bonchev–Trinajstić information content (AvgIpc) is 2.52. The van der Waals surface area contributed by atoms with Crippen LogP contribution in [-0.4, -0.2) is 54.5 Å². The Bertz CT molecular complexity index is 680. The molecule has 7 nitrogen and oxygen atoms in total. The summed E-state index contributed by atoms with van der Waals surface area (Å²) < 4.78 is 57.5. The summed E-state index contributed by atoms with van der Waals surface area (Å²) in [5.41, 5.74) is 0. The van der Waals surface area contributed by atoms with E-state index in [0.29, 0.717) is 26.1 Å². The summed E-state index contributed by atoms with van der Waals surface area (Å²) in [5.74, 6) is 0. The number of rotatable bonds is 10. The van der Waals surface area contributed by atoms with E-state index in [9.17, 15) is 16.8 Å². The normalized spacial score (nSPS) is 12.7. The standard InChI is InChI=1S/C14H24N2O5S2/c1-4-16(5-2)23(19,20)14-9-7-13(8-10-14)22(17,18)15-11-6-12-21-3/h7-10,15H,4-6,11-12H2,1-3H3. The van der Waals surface area contributed by atoms with Gasteiger partial charge in [0.05, 0.1) is 9.79 Å². The Morgan fingerprint density at radius 3 is 2.00 bits per heavy atom. The van der Waals surface area contributed by atoms with Crippen LogP contribution in [0.5, 0.6) is 0 Å². The van der Waals surface area contributed by atoms with Crippen LogP contribution in [-0.2, 0) is 24.8 Å². The van der Waals surface area contributed by atoms with E-state index in [1.165, 1.54) is 28.6 Å². The van der Waals surface area contributed by atoms with Crippen molar-refractivity contribution in [3.05, 3.63) is 24.3 Å². The lowest BCUT2D eigenvalue weighted by atomic mass is 10.4. The van der Waals surface area contributed by atoms with E-state index in [0.717, 1.165) is 0 Å². The summed E-state index contributed by atoms with van der Waals surface area (Å²) in [7, 11) is -5.69. The van der Waals surface area contributed by atoms with Crippen LogP contribution in [0.3, 0.4) is 0 Å². The molecule has 0 aromatic heterocycles. The Kier molecular flexibility index (Phi) is 7.62. The Hall–Kier alpha value is -1.00. The van der Waals surface area contributed by atoms with Gasteiger partial charge in [0.25, 0.3) is 0 Å². The van der Waals surface area contributed by atoms with Crippen molar-refractivity contribution in [2.75, 3.05) is 33.4 Å². The van der Waals surface area contributed by atoms with Crippen molar-refractivity contribution in [2.45, 2.75) is 30.1 Å². The molecule has 0 saturated heterocycles. The lowest BCUT2D eigenvalue weighted by molar-refractivity contribution is 0.196. The molecule has 132 valence electrons. The second kappa shape index (κ2) is 8.74. The average molecular weight is 364 g/mol. The fourth-order valence-electron chi connectivity index (χ4n) is 2.01. The maximum Gasteiger partial charge on any atom is 0.243 e. The quantitative estimate of drug-likeness (QED) is 0.626. The molecule has 0 aliphatic heterocycles. The molecule has 0 aliphatic carbocycles. The van der Waals surface area contributed by atoms with Gasteiger partial charge in [-0.3, -0.25) is 0 Å². The third kappa shape index (κ3) is 5.25. The minimum absolute atomic E-state index is 0.0356. The van der Waals surface area contributed by atoms with Crippen LogP contribution < -0.4 is 4.72 Å². The van der Waals surface area contributed by atoms with Gasteiger partial charge in [0.2, 0.25) is 20.0 Å². The summed E-state index contributed by atoms with van der Waals surface area (Å²) in [5, 5.41) is 0. The molecule has 1 aromatic carbocycles. The van der Waals surface area contributed by atoms with Crippen LogP contribution in [0, 0.1) is 0 Å². The maximum absolute atomic E-state index is 12.3. The van der Waals surface area contributed by atoms with Gasteiger partial charge in [0, 0.05) is 33.4 Å². The Morgan fingerprint density at radius 2 is 1.52 bits per heavy atom. The number of ether oxygens (including phenoxy) is 1. The van der Waals surface area contributed by atoms with Crippen LogP contribution in [0.4, 0.5) is 0 Å². The number of benzene rings is 1. The lowest BCUT2D eigenvalue weighted by Gasteiger charge is -2.18. The van der Waals surface area contributed by atoms with Crippen molar-refractivity contribution in [1.29, 1.82) is 0 Å². The molecule has 0 bridgehead atoms. The third-order valence-corrected chi connectivity index (χ3v) is 6.84. The number of sulfonamides is 2. The predicted molar refractivity (Wildman–Crippen MR) is 88.2 cm³/mol. The fraction of sp³-hybridized carbons (Fsp3) is 0.571. The Labute approximate surface area is 138 Å². The van der Waals surface area contributed by atoms with Crippen LogP contribution >= 0.6 is 0 Å². The van der Waals surface area contributed by atoms with Gasteiger partial charge in [-0.1, -0.05) is 13.8 Å². The van der Waals surface area contributed by atoms with Gasteiger partial charge in [-0.15, -0.1) is 0 Å². The van der Waals surface area contributed by atoms with Crippen LogP contribution in [0.2, 0.25) is 0 Å². The van der Waals surface area contributed by atoms with Gasteiger partial charge in [-0.25, -0.2) is 21.6 Å². The van der Waals surface area contributed by atoms with Gasteiger partial charge in [-0.2, -0.15) is 4.31 Å². The van der Waals surface area contributed by atoms with E-state index in [4.69, 9.17) is 4.74 Å². The van der Waals surface area contributed by atoms with Gasteiger partial charge in [0.15, 0.2) is 0 Å². The van der Waals surface area contributed by atoms with Crippen molar-refractivity contribution in [3.63, 3.8) is 0 Å². The molecule has 0 amide bonds. The molecule has 1 N–H and O–H groups in total. The summed E-state index contributed by atoms with van der Waals surface area (Å²) in [6.45, 7) is 4.95. The van der Waals surface area contributed by atoms with Crippen molar-refractivity contribution < 1.29 is 21.6 Å². The minimum atomic E-state index is -3.65. The van der Waals surface area contributed by atoms with Crippen molar-refractivity contribution in [1.82, 2.24) is 9.03 Å². The topological polar surface area (TPSA) is 92.8 Å². The van der Waals surface area contributed by atoms with E-state index in [2.05, 4.69) is 4.72 Å². The highest BCUT2D eigenvalue weighted by Gasteiger charge is 2.22. The summed E-state index contributed by atoms with van der Waals surface area (Å²) in [4.78, 5) is 0.118. The van der Waals surface area contributed by atoms with Crippen LogP contribution in [0.15, 0.2) is 34.1 Å². The van der Waals surface area contributed by atoms with Crippen LogP contribution in [0.25, 0.3) is 0 Å². The van der Waals surface area contributed by atoms with Gasteiger partial charge < -0.3 is 4.74 Å². The largest absolute Gasteiger partial charge is 0.385 e. The number of nitrogens with zero attached hydrogens (tertiary/aromatic N) is 1. The Balaban J connectivity index is 2.92. The second-order valence-corrected chi connectivity index (χ2v) is 8.51. The smallest absolute Gasteiger partial charge is 0.243 e. The van der Waals surface area contributed by atoms with Gasteiger partial charge in [-0.05, 0) is 30.7 Å². The highest BCUT2D eigenvalue weighted by Crippen LogP contribution is 2.18. The molecule has 1 rings (SSSR count). The first kappa shape index (κ1) is 20.0. The molecular formula is C14H24N2O5S2. The van der Waals surface area contributed by atoms with Crippen molar-refractivity contribution in [3.8, 4) is 0 Å². The number of hydrogen-bond acceptors (Lipinski definition) is 5. The van der Waals surface area contributed by atoms with E-state index < -0.39 is 20.0 Å². The molecule has 1 aromatic rings. The van der Waals surface area contributed by atoms with E-state index in [1.54, 1.807) is 21.0 Å². The highest BCUT2D eigenvalue weighted by molar-refractivity contribution is 7.89. The summed E-state index contributed by atoms with van der Waals surface area (Å²) >= 11 is 0. The minimum Gasteiger partial charge on any atom is -0.385 e. The lowest BCUT2D eigenvalue weighted by Crippen LogP contribution is -2.30. The van der Waals surface area contributed by atoms with Crippen LogP contribution in [0.1, 0.15) is 20.3 Å².